The van der Waals surface area contributed by atoms with Gasteiger partial charge in [-0.05, 0) is 20.8 Å². The molecule has 0 N–H and O–H groups in total. The van der Waals surface area contributed by atoms with Crippen LogP contribution in [0.2, 0.25) is 0 Å². The van der Waals surface area contributed by atoms with Crippen LogP contribution in [0.25, 0.3) is 0 Å². The summed E-state index contributed by atoms with van der Waals surface area (Å²) in [5.74, 6) is -0.712. The zero-order chi connectivity index (χ0) is 8.93. The topological polar surface area (TPSA) is 44.8 Å². The summed E-state index contributed by atoms with van der Waals surface area (Å²) in [7, 11) is 0. The average Bonchev–Trinajstić information content (AvgIpc) is 2.33. The lowest BCUT2D eigenvalue weighted by atomic mass is 10.2. The van der Waals surface area contributed by atoms with Gasteiger partial charge in [0, 0.05) is 0 Å². The molecule has 2 fully saturated rings. The fourth-order valence-corrected chi connectivity index (χ4v) is 1.52. The van der Waals surface area contributed by atoms with Gasteiger partial charge >= 0.3 is 0 Å². The van der Waals surface area contributed by atoms with E-state index in [1.807, 2.05) is 0 Å². The van der Waals surface area contributed by atoms with Crippen LogP contribution in [0.3, 0.4) is 0 Å². The molecule has 4 nitrogen and oxygen atoms in total. The molecule has 2 heterocycles. The normalized spacial score (nSPS) is 44.9. The van der Waals surface area contributed by atoms with Gasteiger partial charge in [-0.15, -0.1) is 0 Å². The molecule has 0 aromatic rings. The minimum Gasteiger partial charge on any atom is -0.338 e. The highest BCUT2D eigenvalue weighted by molar-refractivity contribution is 5.89. The third kappa shape index (κ3) is 1.07. The molecule has 3 unspecified atom stereocenters. The second-order valence-electron chi connectivity index (χ2n) is 3.61. The van der Waals surface area contributed by atoms with E-state index in [0.717, 1.165) is 0 Å². The van der Waals surface area contributed by atoms with Gasteiger partial charge in [0.25, 0.3) is 0 Å². The summed E-state index contributed by atoms with van der Waals surface area (Å²) in [6, 6.07) is 0. The van der Waals surface area contributed by atoms with Gasteiger partial charge in [0.2, 0.25) is 0 Å². The fraction of sp³-hybridized carbons (Fsp3) is 0.875. The zero-order valence-electron chi connectivity index (χ0n) is 7.37. The molecule has 0 amide bonds. The number of hydrogen-bond donors (Lipinski definition) is 0. The molecule has 2 aliphatic heterocycles. The Hall–Kier alpha value is -0.450. The van der Waals surface area contributed by atoms with Gasteiger partial charge in [-0.3, -0.25) is 4.79 Å². The maximum Gasteiger partial charge on any atom is 0.195 e. The first kappa shape index (κ1) is 8.16. The third-order valence-corrected chi connectivity index (χ3v) is 2.08. The Kier molecular flexibility index (Phi) is 1.55. The minimum atomic E-state index is -0.689. The molecule has 68 valence electrons. The van der Waals surface area contributed by atoms with Crippen molar-refractivity contribution in [1.29, 1.82) is 0 Å². The van der Waals surface area contributed by atoms with Gasteiger partial charge in [0.1, 0.15) is 6.10 Å². The van der Waals surface area contributed by atoms with Gasteiger partial charge in [0.05, 0.1) is 0 Å². The molecule has 0 bridgehead atoms. The van der Waals surface area contributed by atoms with Gasteiger partial charge < -0.3 is 14.2 Å². The van der Waals surface area contributed by atoms with Crippen molar-refractivity contribution in [1.82, 2.24) is 0 Å². The number of hydrogen-bond acceptors (Lipinski definition) is 4. The van der Waals surface area contributed by atoms with E-state index in [0.29, 0.717) is 0 Å². The quantitative estimate of drug-likeness (QED) is 0.532. The van der Waals surface area contributed by atoms with Crippen LogP contribution in [0.5, 0.6) is 0 Å². The first-order chi connectivity index (χ1) is 5.49. The number of Topliss-reactive ketones (excluding diaryl/α,β-unsaturated/α-hetero) is 1. The molecular formula is C8H12O4. The van der Waals surface area contributed by atoms with E-state index in [9.17, 15) is 4.79 Å². The molecule has 3 atom stereocenters. The van der Waals surface area contributed by atoms with E-state index in [-0.39, 0.29) is 5.78 Å². The van der Waals surface area contributed by atoms with Crippen LogP contribution in [0.1, 0.15) is 20.8 Å². The summed E-state index contributed by atoms with van der Waals surface area (Å²) < 4.78 is 15.9. The van der Waals surface area contributed by atoms with Gasteiger partial charge in [-0.2, -0.15) is 0 Å². The molecule has 2 rings (SSSR count). The Morgan fingerprint density at radius 1 is 1.33 bits per heavy atom. The van der Waals surface area contributed by atoms with E-state index in [1.54, 1.807) is 20.8 Å². The summed E-state index contributed by atoms with van der Waals surface area (Å²) >= 11 is 0. The lowest BCUT2D eigenvalue weighted by Gasteiger charge is -2.18. The van der Waals surface area contributed by atoms with Crippen molar-refractivity contribution in [2.24, 2.45) is 0 Å². The first-order valence-electron chi connectivity index (χ1n) is 4.04. The first-order valence-corrected chi connectivity index (χ1v) is 4.04. The van der Waals surface area contributed by atoms with Crippen LogP contribution in [-0.4, -0.2) is 30.1 Å². The maximum absolute atomic E-state index is 11.3. The Morgan fingerprint density at radius 3 is 2.58 bits per heavy atom. The van der Waals surface area contributed by atoms with Crippen LogP contribution in [0, 0.1) is 0 Å². The van der Waals surface area contributed by atoms with Crippen LogP contribution >= 0.6 is 0 Å². The smallest absolute Gasteiger partial charge is 0.195 e. The summed E-state index contributed by atoms with van der Waals surface area (Å²) in [6.45, 7) is 5.25. The van der Waals surface area contributed by atoms with Crippen molar-refractivity contribution >= 4 is 5.78 Å². The number of carbonyl (C=O) groups excluding carboxylic acids is 1. The predicted molar refractivity (Wildman–Crippen MR) is 39.4 cm³/mol. The highest BCUT2D eigenvalue weighted by Gasteiger charge is 2.52. The standard InChI is InChI=1S/C8H12O4/c1-4-5(9)6-7(10-4)12-8(2,3)11-6/h4,6-7H,1-3H3. The Labute approximate surface area is 70.8 Å². The van der Waals surface area contributed by atoms with Crippen LogP contribution in [0.15, 0.2) is 0 Å². The molecule has 12 heavy (non-hydrogen) atoms. The van der Waals surface area contributed by atoms with Gasteiger partial charge in [0.15, 0.2) is 24.0 Å². The van der Waals surface area contributed by atoms with Gasteiger partial charge in [-0.25, -0.2) is 0 Å². The molecule has 4 heteroatoms. The second kappa shape index (κ2) is 2.28. The summed E-state index contributed by atoms with van der Waals surface area (Å²) in [6.07, 6.45) is -1.41. The van der Waals surface area contributed by atoms with Crippen LogP contribution in [-0.2, 0) is 19.0 Å². The molecular weight excluding hydrogens is 160 g/mol. The van der Waals surface area contributed by atoms with Gasteiger partial charge in [-0.1, -0.05) is 0 Å². The van der Waals surface area contributed by atoms with E-state index in [2.05, 4.69) is 0 Å². The van der Waals surface area contributed by atoms with E-state index < -0.39 is 24.3 Å². The van der Waals surface area contributed by atoms with Crippen molar-refractivity contribution in [2.45, 2.75) is 45.1 Å². The Bertz CT molecular complexity index is 223. The molecule has 0 aromatic heterocycles. The fourth-order valence-electron chi connectivity index (χ4n) is 1.52. The monoisotopic (exact) mass is 172 g/mol. The number of fused-ring (bicyclic) bond motifs is 1. The highest BCUT2D eigenvalue weighted by Crippen LogP contribution is 2.34. The molecule has 0 radical (unpaired) electrons. The molecule has 0 aliphatic carbocycles. The van der Waals surface area contributed by atoms with Crippen molar-refractivity contribution < 1.29 is 19.0 Å². The maximum atomic E-state index is 11.3. The summed E-state index contributed by atoms with van der Waals surface area (Å²) in [4.78, 5) is 11.3. The summed E-state index contributed by atoms with van der Waals surface area (Å²) in [5.41, 5.74) is 0. The molecule has 0 saturated carbocycles. The van der Waals surface area contributed by atoms with E-state index in [4.69, 9.17) is 14.2 Å². The van der Waals surface area contributed by atoms with Crippen LogP contribution in [0.4, 0.5) is 0 Å². The lowest BCUT2D eigenvalue weighted by molar-refractivity contribution is -0.202. The van der Waals surface area contributed by atoms with Crippen molar-refractivity contribution in [3.63, 3.8) is 0 Å². The van der Waals surface area contributed by atoms with Crippen LogP contribution < -0.4 is 0 Å². The number of carbonyl (C=O) groups is 1. The number of rotatable bonds is 0. The molecule has 2 saturated heterocycles. The second-order valence-corrected chi connectivity index (χ2v) is 3.61. The Balaban J connectivity index is 2.16. The Morgan fingerprint density at radius 2 is 2.00 bits per heavy atom. The number of ether oxygens (including phenoxy) is 3. The largest absolute Gasteiger partial charge is 0.338 e. The SMILES string of the molecule is CC1OC2OC(C)(C)OC2C1=O. The van der Waals surface area contributed by atoms with E-state index >= 15 is 0 Å². The number of ketones is 1. The van der Waals surface area contributed by atoms with Crippen molar-refractivity contribution in [2.75, 3.05) is 0 Å². The zero-order valence-corrected chi connectivity index (χ0v) is 7.37. The van der Waals surface area contributed by atoms with Crippen molar-refractivity contribution in [3.8, 4) is 0 Å². The van der Waals surface area contributed by atoms with Crippen molar-refractivity contribution in [3.05, 3.63) is 0 Å². The minimum absolute atomic E-state index is 0.0226. The average molecular weight is 172 g/mol. The molecule has 0 aromatic carbocycles. The molecule has 0 spiro atoms. The third-order valence-electron chi connectivity index (χ3n) is 2.08. The predicted octanol–water partition coefficient (Wildman–Crippen LogP) is 0.452. The summed E-state index contributed by atoms with van der Waals surface area (Å²) in [5, 5.41) is 0. The van der Waals surface area contributed by atoms with E-state index in [1.165, 1.54) is 0 Å². The highest BCUT2D eigenvalue weighted by atomic mass is 16.8. The lowest BCUT2D eigenvalue weighted by Crippen LogP contribution is -2.28. The molecule has 2 aliphatic rings.